The van der Waals surface area contributed by atoms with Gasteiger partial charge in [0.05, 0.1) is 0 Å². The molecule has 0 aliphatic carbocycles. The molecule has 0 spiro atoms. The summed E-state index contributed by atoms with van der Waals surface area (Å²) in [6, 6.07) is 7.92. The van der Waals surface area contributed by atoms with Gasteiger partial charge in [0.2, 0.25) is 5.95 Å². The maximum absolute atomic E-state index is 11.4. The van der Waals surface area contributed by atoms with Gasteiger partial charge >= 0.3 is 0 Å². The van der Waals surface area contributed by atoms with Crippen molar-refractivity contribution >= 4 is 28.9 Å². The molecule has 2 heterocycles. The van der Waals surface area contributed by atoms with Gasteiger partial charge in [-0.2, -0.15) is 4.98 Å². The third-order valence-corrected chi connectivity index (χ3v) is 4.98. The van der Waals surface area contributed by atoms with Crippen LogP contribution in [0.25, 0.3) is 0 Å². The number of carbonyl (C=O) groups excluding carboxylic acids is 1. The lowest BCUT2D eigenvalue weighted by atomic mass is 10.0. The third kappa shape index (κ3) is 4.96. The van der Waals surface area contributed by atoms with Crippen LogP contribution in [0.1, 0.15) is 44.4 Å². The van der Waals surface area contributed by atoms with Crippen molar-refractivity contribution in [3.8, 4) is 0 Å². The van der Waals surface area contributed by atoms with Crippen LogP contribution in [0.4, 0.5) is 23.1 Å². The summed E-state index contributed by atoms with van der Waals surface area (Å²) in [5.74, 6) is 2.23. The van der Waals surface area contributed by atoms with Gasteiger partial charge < -0.3 is 20.7 Å². The van der Waals surface area contributed by atoms with Gasteiger partial charge in [-0.3, -0.25) is 0 Å². The van der Waals surface area contributed by atoms with Crippen molar-refractivity contribution in [2.75, 3.05) is 29.0 Å². The van der Waals surface area contributed by atoms with E-state index >= 15 is 0 Å². The summed E-state index contributed by atoms with van der Waals surface area (Å²) in [4.78, 5) is 23.1. The highest BCUT2D eigenvalue weighted by molar-refractivity contribution is 5.75. The Hall–Kier alpha value is -2.63. The van der Waals surface area contributed by atoms with Crippen molar-refractivity contribution in [1.29, 1.82) is 0 Å². The summed E-state index contributed by atoms with van der Waals surface area (Å²) >= 11 is 0. The molecule has 0 radical (unpaired) electrons. The van der Waals surface area contributed by atoms with Crippen molar-refractivity contribution in [3.63, 3.8) is 0 Å². The molecule has 1 saturated heterocycles. The van der Waals surface area contributed by atoms with Gasteiger partial charge in [0, 0.05) is 42.6 Å². The minimum atomic E-state index is 0.261. The number of hydrogen-bond acceptors (Lipinski definition) is 6. The van der Waals surface area contributed by atoms with E-state index in [2.05, 4.69) is 28.2 Å². The predicted molar refractivity (Wildman–Crippen MR) is 111 cm³/mol. The molecule has 3 N–H and O–H groups in total. The Morgan fingerprint density at radius 1 is 1.33 bits per heavy atom. The van der Waals surface area contributed by atoms with Crippen molar-refractivity contribution < 1.29 is 4.79 Å². The van der Waals surface area contributed by atoms with Crippen LogP contribution >= 0.6 is 0 Å². The fourth-order valence-electron chi connectivity index (χ4n) is 3.58. The average molecular weight is 367 g/mol. The molecule has 6 heteroatoms. The van der Waals surface area contributed by atoms with Crippen LogP contribution in [0.3, 0.4) is 0 Å². The van der Waals surface area contributed by atoms with Gasteiger partial charge in [0.25, 0.3) is 0 Å². The van der Waals surface area contributed by atoms with E-state index in [1.807, 2.05) is 25.1 Å². The Morgan fingerprint density at radius 2 is 2.15 bits per heavy atom. The summed E-state index contributed by atoms with van der Waals surface area (Å²) < 4.78 is 0. The number of nitrogens with two attached hydrogens (primary N) is 1. The molecule has 3 rings (SSSR count). The number of ketones is 1. The van der Waals surface area contributed by atoms with Crippen molar-refractivity contribution in [1.82, 2.24) is 9.97 Å². The number of nitrogens with one attached hydrogen (secondary N) is 1. The molecule has 1 aromatic carbocycles. The molecule has 1 atom stereocenters. The average Bonchev–Trinajstić information content (AvgIpc) is 3.06. The summed E-state index contributed by atoms with van der Waals surface area (Å²) in [6.07, 6.45) is 3.63. The van der Waals surface area contributed by atoms with Crippen LogP contribution < -0.4 is 16.0 Å². The molecule has 0 amide bonds. The second kappa shape index (κ2) is 8.37. The SMILES string of the molecule is CCCc1cc(N2CC[C@H](CC(C)=O)C2)nc(Nc2ccc(N)c(C)c2)n1. The van der Waals surface area contributed by atoms with E-state index in [1.54, 1.807) is 6.92 Å². The van der Waals surface area contributed by atoms with Gasteiger partial charge in [0.15, 0.2) is 0 Å². The summed E-state index contributed by atoms with van der Waals surface area (Å²) in [5, 5.41) is 3.32. The lowest BCUT2D eigenvalue weighted by molar-refractivity contribution is -0.117. The predicted octanol–water partition coefficient (Wildman–Crippen LogP) is 3.87. The minimum Gasteiger partial charge on any atom is -0.399 e. The van der Waals surface area contributed by atoms with Crippen LogP contribution in [-0.2, 0) is 11.2 Å². The molecule has 6 nitrogen and oxygen atoms in total. The molecule has 1 aliphatic heterocycles. The van der Waals surface area contributed by atoms with E-state index in [-0.39, 0.29) is 5.78 Å². The first-order chi connectivity index (χ1) is 12.9. The van der Waals surface area contributed by atoms with Crippen LogP contribution in [-0.4, -0.2) is 28.8 Å². The first kappa shape index (κ1) is 19.1. The van der Waals surface area contributed by atoms with Gasteiger partial charge in [-0.25, -0.2) is 4.98 Å². The molecule has 1 fully saturated rings. The lowest BCUT2D eigenvalue weighted by Gasteiger charge is -2.19. The lowest BCUT2D eigenvalue weighted by Crippen LogP contribution is -2.22. The van der Waals surface area contributed by atoms with Gasteiger partial charge in [-0.15, -0.1) is 0 Å². The number of carbonyl (C=O) groups is 1. The smallest absolute Gasteiger partial charge is 0.229 e. The topological polar surface area (TPSA) is 84.1 Å². The third-order valence-electron chi connectivity index (χ3n) is 4.98. The van der Waals surface area contributed by atoms with Crippen LogP contribution in [0.15, 0.2) is 24.3 Å². The van der Waals surface area contributed by atoms with E-state index in [0.717, 1.165) is 60.8 Å². The van der Waals surface area contributed by atoms with Crippen molar-refractivity contribution in [2.24, 2.45) is 5.92 Å². The monoisotopic (exact) mass is 367 g/mol. The Morgan fingerprint density at radius 3 is 2.85 bits per heavy atom. The quantitative estimate of drug-likeness (QED) is 0.723. The molecule has 144 valence electrons. The van der Waals surface area contributed by atoms with Crippen molar-refractivity contribution in [2.45, 2.75) is 46.5 Å². The molecule has 1 aliphatic rings. The summed E-state index contributed by atoms with van der Waals surface area (Å²) in [5.41, 5.74) is 9.67. The van der Waals surface area contributed by atoms with E-state index in [9.17, 15) is 4.79 Å². The summed E-state index contributed by atoms with van der Waals surface area (Å²) in [7, 11) is 0. The molecule has 0 bridgehead atoms. The fourth-order valence-corrected chi connectivity index (χ4v) is 3.58. The standard InChI is InChI=1S/C21H29N5O/c1-4-5-17-12-20(26-9-8-16(13-26)11-15(3)27)25-21(23-17)24-18-6-7-19(22)14(2)10-18/h6-7,10,12,16H,4-5,8-9,11,13,22H2,1-3H3,(H,23,24,25)/t16-/m1/s1. The van der Waals surface area contributed by atoms with Crippen LogP contribution in [0.2, 0.25) is 0 Å². The summed E-state index contributed by atoms with van der Waals surface area (Å²) in [6.45, 7) is 7.61. The van der Waals surface area contributed by atoms with E-state index in [1.165, 1.54) is 0 Å². The number of nitrogens with zero attached hydrogens (tertiary/aromatic N) is 3. The number of rotatable bonds is 7. The van der Waals surface area contributed by atoms with E-state index < -0.39 is 0 Å². The van der Waals surface area contributed by atoms with E-state index in [0.29, 0.717) is 18.3 Å². The Balaban J connectivity index is 1.82. The maximum Gasteiger partial charge on any atom is 0.229 e. The van der Waals surface area contributed by atoms with Gasteiger partial charge in [-0.05, 0) is 56.4 Å². The number of aromatic nitrogens is 2. The Kier molecular flexibility index (Phi) is 5.94. The zero-order chi connectivity index (χ0) is 19.4. The first-order valence-corrected chi connectivity index (χ1v) is 9.70. The van der Waals surface area contributed by atoms with Crippen LogP contribution in [0, 0.1) is 12.8 Å². The second-order valence-corrected chi connectivity index (χ2v) is 7.49. The van der Waals surface area contributed by atoms with Gasteiger partial charge in [-0.1, -0.05) is 13.3 Å². The molecule has 0 saturated carbocycles. The molecular formula is C21H29N5O. The Labute approximate surface area is 161 Å². The van der Waals surface area contributed by atoms with Gasteiger partial charge in [0.1, 0.15) is 11.6 Å². The number of anilines is 4. The zero-order valence-corrected chi connectivity index (χ0v) is 16.5. The highest BCUT2D eigenvalue weighted by Gasteiger charge is 2.25. The zero-order valence-electron chi connectivity index (χ0n) is 16.5. The molecule has 27 heavy (non-hydrogen) atoms. The maximum atomic E-state index is 11.4. The van der Waals surface area contributed by atoms with Crippen molar-refractivity contribution in [3.05, 3.63) is 35.5 Å². The number of aryl methyl sites for hydroxylation is 2. The highest BCUT2D eigenvalue weighted by atomic mass is 16.1. The molecule has 2 aromatic rings. The number of nitrogen functional groups attached to an aromatic ring is 1. The van der Waals surface area contributed by atoms with E-state index in [4.69, 9.17) is 10.7 Å². The molecule has 0 unspecified atom stereocenters. The second-order valence-electron chi connectivity index (χ2n) is 7.49. The highest BCUT2D eigenvalue weighted by Crippen LogP contribution is 2.27. The molecule has 1 aromatic heterocycles. The normalized spacial score (nSPS) is 16.6. The Bertz CT molecular complexity index is 820. The minimum absolute atomic E-state index is 0.261. The van der Waals surface area contributed by atoms with Crippen LogP contribution in [0.5, 0.6) is 0 Å². The molecular weight excluding hydrogens is 338 g/mol. The number of benzene rings is 1. The first-order valence-electron chi connectivity index (χ1n) is 9.70. The number of hydrogen-bond donors (Lipinski definition) is 2. The fraction of sp³-hybridized carbons (Fsp3) is 0.476. The number of Topliss-reactive ketones (excluding diaryl/α,β-unsaturated/α-hetero) is 1. The largest absolute Gasteiger partial charge is 0.399 e.